The third-order valence-corrected chi connectivity index (χ3v) is 4.82. The van der Waals surface area contributed by atoms with E-state index < -0.39 is 0 Å². The lowest BCUT2D eigenvalue weighted by Crippen LogP contribution is -2.15. The third-order valence-electron chi connectivity index (χ3n) is 4.82. The van der Waals surface area contributed by atoms with Gasteiger partial charge in [0.1, 0.15) is 11.9 Å². The van der Waals surface area contributed by atoms with Gasteiger partial charge in [-0.15, -0.1) is 10.2 Å². The zero-order valence-corrected chi connectivity index (χ0v) is 16.0. The first-order chi connectivity index (χ1) is 14.3. The van der Waals surface area contributed by atoms with Gasteiger partial charge in [0.15, 0.2) is 5.69 Å². The molecule has 0 unspecified atom stereocenters. The molecule has 2 N–H and O–H groups in total. The topological polar surface area (TPSA) is 89.0 Å². The number of amides is 1. The predicted molar refractivity (Wildman–Crippen MR) is 111 cm³/mol. The van der Waals surface area contributed by atoms with Crippen LogP contribution in [-0.2, 0) is 6.54 Å². The van der Waals surface area contributed by atoms with E-state index in [9.17, 15) is 4.79 Å². The number of benzene rings is 1. The Balaban J connectivity index is 1.35. The molecule has 1 amide bonds. The maximum atomic E-state index is 12.3. The number of rotatable bonds is 7. The lowest BCUT2D eigenvalue weighted by atomic mass is 10.2. The number of carbonyl (C=O) groups excluding carboxylic acids is 1. The van der Waals surface area contributed by atoms with Crippen molar-refractivity contribution in [2.75, 3.05) is 10.6 Å². The number of hydrogen-bond acceptors (Lipinski definition) is 6. The third kappa shape index (κ3) is 5.07. The Bertz CT molecular complexity index is 941. The number of aromatic nitrogens is 3. The molecule has 0 spiro atoms. The molecule has 29 heavy (non-hydrogen) atoms. The highest BCUT2D eigenvalue weighted by atomic mass is 16.5. The van der Waals surface area contributed by atoms with E-state index in [1.807, 2.05) is 42.5 Å². The highest BCUT2D eigenvalue weighted by molar-refractivity contribution is 6.02. The van der Waals surface area contributed by atoms with Crippen molar-refractivity contribution in [2.45, 2.75) is 38.3 Å². The summed E-state index contributed by atoms with van der Waals surface area (Å²) in [6.45, 7) is 0.514. The van der Waals surface area contributed by atoms with Gasteiger partial charge in [-0.3, -0.25) is 4.79 Å². The largest absolute Gasteiger partial charge is 0.474 e. The second-order valence-electron chi connectivity index (χ2n) is 6.97. The lowest BCUT2D eigenvalue weighted by molar-refractivity contribution is 0.102. The number of nitrogens with zero attached hydrogens (tertiary/aromatic N) is 3. The molecule has 1 saturated carbocycles. The molecule has 4 rings (SSSR count). The van der Waals surface area contributed by atoms with Crippen LogP contribution < -0.4 is 15.4 Å². The summed E-state index contributed by atoms with van der Waals surface area (Å²) in [6.07, 6.45) is 6.60. The average Bonchev–Trinajstić information content (AvgIpc) is 3.27. The number of hydrogen-bond donors (Lipinski definition) is 2. The quantitative estimate of drug-likeness (QED) is 0.633. The molecule has 1 aromatic carbocycles. The average molecular weight is 389 g/mol. The highest BCUT2D eigenvalue weighted by Gasteiger charge is 2.18. The van der Waals surface area contributed by atoms with Crippen molar-refractivity contribution in [3.05, 3.63) is 72.1 Å². The number of carbonyl (C=O) groups is 1. The van der Waals surface area contributed by atoms with E-state index in [1.165, 1.54) is 12.8 Å². The van der Waals surface area contributed by atoms with Crippen LogP contribution >= 0.6 is 0 Å². The summed E-state index contributed by atoms with van der Waals surface area (Å²) < 4.78 is 6.06. The zero-order valence-electron chi connectivity index (χ0n) is 16.0. The Morgan fingerprint density at radius 3 is 2.59 bits per heavy atom. The molecule has 0 saturated heterocycles. The highest BCUT2D eigenvalue weighted by Crippen LogP contribution is 2.25. The maximum absolute atomic E-state index is 12.3. The number of para-hydroxylation sites is 1. The predicted octanol–water partition coefficient (Wildman–Crippen LogP) is 4.06. The van der Waals surface area contributed by atoms with Crippen molar-refractivity contribution in [3.63, 3.8) is 0 Å². The zero-order chi connectivity index (χ0) is 19.9. The van der Waals surface area contributed by atoms with E-state index in [0.717, 1.165) is 18.4 Å². The first-order valence-electron chi connectivity index (χ1n) is 9.82. The number of pyridine rings is 1. The van der Waals surface area contributed by atoms with Crippen LogP contribution in [0.2, 0.25) is 0 Å². The fourth-order valence-corrected chi connectivity index (χ4v) is 3.28. The first-order valence-corrected chi connectivity index (χ1v) is 9.82. The SMILES string of the molecule is O=C(Nc1ccccc1)c1ccc(NCc2cccnc2OC2CCCC2)nn1. The normalized spacial score (nSPS) is 13.8. The van der Waals surface area contributed by atoms with Gasteiger partial charge in [0.25, 0.3) is 5.91 Å². The minimum atomic E-state index is -0.297. The molecule has 1 fully saturated rings. The van der Waals surface area contributed by atoms with E-state index >= 15 is 0 Å². The van der Waals surface area contributed by atoms with Crippen molar-refractivity contribution in [2.24, 2.45) is 0 Å². The summed E-state index contributed by atoms with van der Waals surface area (Å²) in [4.78, 5) is 16.6. The first kappa shape index (κ1) is 18.9. The summed E-state index contributed by atoms with van der Waals surface area (Å²) in [5, 5.41) is 14.1. The summed E-state index contributed by atoms with van der Waals surface area (Å²) >= 11 is 0. The second-order valence-corrected chi connectivity index (χ2v) is 6.97. The van der Waals surface area contributed by atoms with Gasteiger partial charge in [-0.1, -0.05) is 24.3 Å². The molecule has 7 nitrogen and oxygen atoms in total. The molecule has 0 radical (unpaired) electrons. The monoisotopic (exact) mass is 389 g/mol. The maximum Gasteiger partial charge on any atom is 0.276 e. The van der Waals surface area contributed by atoms with E-state index in [1.54, 1.807) is 18.3 Å². The molecule has 1 aliphatic carbocycles. The Labute approximate surface area is 169 Å². The van der Waals surface area contributed by atoms with Gasteiger partial charge in [-0.25, -0.2) is 4.98 Å². The Morgan fingerprint density at radius 2 is 1.83 bits per heavy atom. The van der Waals surface area contributed by atoms with Crippen LogP contribution in [0.25, 0.3) is 0 Å². The summed E-state index contributed by atoms with van der Waals surface area (Å²) in [6, 6.07) is 16.5. The molecule has 3 aromatic rings. The fraction of sp³-hybridized carbons (Fsp3) is 0.273. The van der Waals surface area contributed by atoms with Crippen molar-refractivity contribution in [3.8, 4) is 5.88 Å². The molecular weight excluding hydrogens is 366 g/mol. The van der Waals surface area contributed by atoms with E-state index in [4.69, 9.17) is 4.74 Å². The van der Waals surface area contributed by atoms with Crippen LogP contribution in [0, 0.1) is 0 Å². The van der Waals surface area contributed by atoms with Gasteiger partial charge in [0.2, 0.25) is 5.88 Å². The summed E-state index contributed by atoms with van der Waals surface area (Å²) in [7, 11) is 0. The standard InChI is InChI=1S/C22H23N5O2/c28-21(25-17-8-2-1-3-9-17)19-12-13-20(27-26-19)24-15-16-7-6-14-23-22(16)29-18-10-4-5-11-18/h1-3,6-9,12-14,18H,4-5,10-11,15H2,(H,24,27)(H,25,28). The Hall–Kier alpha value is -3.48. The molecule has 7 heteroatoms. The van der Waals surface area contributed by atoms with Crippen LogP contribution in [0.3, 0.4) is 0 Å². The van der Waals surface area contributed by atoms with Gasteiger partial charge < -0.3 is 15.4 Å². The molecule has 2 aromatic heterocycles. The van der Waals surface area contributed by atoms with Crippen molar-refractivity contribution >= 4 is 17.4 Å². The molecule has 0 aliphatic heterocycles. The summed E-state index contributed by atoms with van der Waals surface area (Å²) in [5.41, 5.74) is 1.94. The molecule has 2 heterocycles. The van der Waals surface area contributed by atoms with Crippen molar-refractivity contribution in [1.29, 1.82) is 0 Å². The van der Waals surface area contributed by atoms with E-state index in [2.05, 4.69) is 25.8 Å². The van der Waals surface area contributed by atoms with Crippen LogP contribution in [-0.4, -0.2) is 27.2 Å². The van der Waals surface area contributed by atoms with Crippen LogP contribution in [0.4, 0.5) is 11.5 Å². The van der Waals surface area contributed by atoms with Gasteiger partial charge in [-0.2, -0.15) is 0 Å². The van der Waals surface area contributed by atoms with Gasteiger partial charge >= 0.3 is 0 Å². The van der Waals surface area contributed by atoms with Crippen LogP contribution in [0.15, 0.2) is 60.8 Å². The number of ether oxygens (including phenoxy) is 1. The van der Waals surface area contributed by atoms with Crippen molar-refractivity contribution in [1.82, 2.24) is 15.2 Å². The van der Waals surface area contributed by atoms with E-state index in [0.29, 0.717) is 23.9 Å². The number of nitrogens with one attached hydrogen (secondary N) is 2. The molecule has 148 valence electrons. The van der Waals surface area contributed by atoms with Crippen LogP contribution in [0.1, 0.15) is 41.7 Å². The fourth-order valence-electron chi connectivity index (χ4n) is 3.28. The van der Waals surface area contributed by atoms with Gasteiger partial charge in [-0.05, 0) is 56.0 Å². The minimum Gasteiger partial charge on any atom is -0.474 e. The van der Waals surface area contributed by atoms with Gasteiger partial charge in [0.05, 0.1) is 0 Å². The van der Waals surface area contributed by atoms with E-state index in [-0.39, 0.29) is 17.7 Å². The minimum absolute atomic E-state index is 0.255. The summed E-state index contributed by atoms with van der Waals surface area (Å²) in [5.74, 6) is 0.949. The smallest absolute Gasteiger partial charge is 0.276 e. The molecule has 1 aliphatic rings. The Kier molecular flexibility index (Phi) is 5.95. The molecular formula is C22H23N5O2. The van der Waals surface area contributed by atoms with Gasteiger partial charge in [0, 0.05) is 24.0 Å². The van der Waals surface area contributed by atoms with Crippen molar-refractivity contribution < 1.29 is 9.53 Å². The molecule has 0 bridgehead atoms. The number of anilines is 2. The second kappa shape index (κ2) is 9.14. The Morgan fingerprint density at radius 1 is 1.00 bits per heavy atom. The lowest BCUT2D eigenvalue weighted by Gasteiger charge is -2.15. The molecule has 0 atom stereocenters. The van der Waals surface area contributed by atoms with Crippen LogP contribution in [0.5, 0.6) is 5.88 Å².